The Bertz CT molecular complexity index is 684. The SMILES string of the molecule is CCC(NCC1CCCC1)c1ccc(F)c(Oc2ccccc2)c1F. The number of hydrogen-bond donors (Lipinski definition) is 1. The second kappa shape index (κ2) is 8.43. The first-order valence-electron chi connectivity index (χ1n) is 9.13. The zero-order valence-corrected chi connectivity index (χ0v) is 14.6. The molecule has 0 spiro atoms. The lowest BCUT2D eigenvalue weighted by atomic mass is 10.0. The molecule has 2 aromatic carbocycles. The highest BCUT2D eigenvalue weighted by atomic mass is 19.1. The average Bonchev–Trinajstić information content (AvgIpc) is 3.15. The fourth-order valence-electron chi connectivity index (χ4n) is 3.51. The third-order valence-corrected chi connectivity index (χ3v) is 4.95. The molecule has 1 saturated carbocycles. The van der Waals surface area contributed by atoms with Crippen LogP contribution in [0.1, 0.15) is 50.6 Å². The summed E-state index contributed by atoms with van der Waals surface area (Å²) in [4.78, 5) is 0. The molecule has 1 N–H and O–H groups in total. The van der Waals surface area contributed by atoms with Crippen molar-refractivity contribution in [3.05, 3.63) is 59.7 Å². The van der Waals surface area contributed by atoms with Gasteiger partial charge in [0.25, 0.3) is 0 Å². The maximum Gasteiger partial charge on any atom is 0.198 e. The van der Waals surface area contributed by atoms with E-state index in [1.807, 2.05) is 13.0 Å². The van der Waals surface area contributed by atoms with Crippen LogP contribution in [0.25, 0.3) is 0 Å². The molecule has 2 nitrogen and oxygen atoms in total. The van der Waals surface area contributed by atoms with Gasteiger partial charge in [0.1, 0.15) is 5.75 Å². The molecular weight excluding hydrogens is 320 g/mol. The first kappa shape index (κ1) is 17.9. The Hall–Kier alpha value is -1.94. The molecule has 0 amide bonds. The normalized spacial score (nSPS) is 16.1. The smallest absolute Gasteiger partial charge is 0.198 e. The number of rotatable bonds is 7. The quantitative estimate of drug-likeness (QED) is 0.666. The van der Waals surface area contributed by atoms with Crippen LogP contribution in [-0.2, 0) is 0 Å². The lowest BCUT2D eigenvalue weighted by Gasteiger charge is -2.21. The maximum absolute atomic E-state index is 15.0. The summed E-state index contributed by atoms with van der Waals surface area (Å²) in [5.41, 5.74) is 0.466. The van der Waals surface area contributed by atoms with Crippen LogP contribution in [0.4, 0.5) is 8.78 Å². The van der Waals surface area contributed by atoms with Gasteiger partial charge in [0, 0.05) is 11.6 Å². The van der Waals surface area contributed by atoms with E-state index in [9.17, 15) is 8.78 Å². The van der Waals surface area contributed by atoms with Crippen LogP contribution < -0.4 is 10.1 Å². The van der Waals surface area contributed by atoms with Gasteiger partial charge in [-0.1, -0.05) is 44.0 Å². The van der Waals surface area contributed by atoms with Crippen LogP contribution in [0.2, 0.25) is 0 Å². The third-order valence-electron chi connectivity index (χ3n) is 4.95. The summed E-state index contributed by atoms with van der Waals surface area (Å²) >= 11 is 0. The molecule has 0 aliphatic heterocycles. The van der Waals surface area contributed by atoms with E-state index in [1.165, 1.54) is 37.8 Å². The van der Waals surface area contributed by atoms with E-state index in [4.69, 9.17) is 4.74 Å². The number of para-hydroxylation sites is 1. The van der Waals surface area contributed by atoms with Crippen molar-refractivity contribution < 1.29 is 13.5 Å². The van der Waals surface area contributed by atoms with Crippen LogP contribution in [0, 0.1) is 17.6 Å². The molecule has 1 aliphatic carbocycles. The summed E-state index contributed by atoms with van der Waals surface area (Å²) < 4.78 is 34.6. The first-order valence-corrected chi connectivity index (χ1v) is 9.13. The molecule has 25 heavy (non-hydrogen) atoms. The largest absolute Gasteiger partial charge is 0.451 e. The molecule has 0 aromatic heterocycles. The van der Waals surface area contributed by atoms with Gasteiger partial charge in [-0.2, -0.15) is 0 Å². The van der Waals surface area contributed by atoms with Crippen LogP contribution in [0.3, 0.4) is 0 Å². The summed E-state index contributed by atoms with van der Waals surface area (Å²) in [5, 5.41) is 3.46. The fourth-order valence-corrected chi connectivity index (χ4v) is 3.51. The second-order valence-electron chi connectivity index (χ2n) is 6.71. The average molecular weight is 345 g/mol. The Morgan fingerprint density at radius 2 is 1.80 bits per heavy atom. The van der Waals surface area contributed by atoms with E-state index in [0.29, 0.717) is 17.2 Å². The minimum atomic E-state index is -0.684. The summed E-state index contributed by atoms with van der Waals surface area (Å²) in [5.74, 6) is -0.544. The molecule has 0 heterocycles. The van der Waals surface area contributed by atoms with Gasteiger partial charge in [0.2, 0.25) is 0 Å². The predicted molar refractivity (Wildman–Crippen MR) is 95.9 cm³/mol. The lowest BCUT2D eigenvalue weighted by Crippen LogP contribution is -2.27. The zero-order valence-electron chi connectivity index (χ0n) is 14.6. The van der Waals surface area contributed by atoms with E-state index in [-0.39, 0.29) is 11.8 Å². The number of nitrogens with one attached hydrogen (secondary N) is 1. The summed E-state index contributed by atoms with van der Waals surface area (Å²) in [6.07, 6.45) is 5.77. The predicted octanol–water partition coefficient (Wildman–Crippen LogP) is 5.99. The van der Waals surface area contributed by atoms with Crippen molar-refractivity contribution in [3.8, 4) is 11.5 Å². The Kier molecular flexibility index (Phi) is 6.03. The Labute approximate surface area is 148 Å². The molecular formula is C21H25F2NO. The molecule has 1 atom stereocenters. The van der Waals surface area contributed by atoms with Crippen LogP contribution in [0.15, 0.2) is 42.5 Å². The summed E-state index contributed by atoms with van der Waals surface area (Å²) in [6, 6.07) is 11.4. The van der Waals surface area contributed by atoms with Gasteiger partial charge in [-0.3, -0.25) is 0 Å². The summed E-state index contributed by atoms with van der Waals surface area (Å²) in [7, 11) is 0. The number of hydrogen-bond acceptors (Lipinski definition) is 2. The van der Waals surface area contributed by atoms with E-state index in [0.717, 1.165) is 13.0 Å². The topological polar surface area (TPSA) is 21.3 Å². The van der Waals surface area contributed by atoms with Gasteiger partial charge < -0.3 is 10.1 Å². The van der Waals surface area contributed by atoms with Gasteiger partial charge in [-0.25, -0.2) is 8.78 Å². The molecule has 1 unspecified atom stereocenters. The number of benzene rings is 2. The summed E-state index contributed by atoms with van der Waals surface area (Å²) in [6.45, 7) is 2.89. The van der Waals surface area contributed by atoms with E-state index >= 15 is 0 Å². The van der Waals surface area contributed by atoms with Crippen molar-refractivity contribution in [2.45, 2.75) is 45.1 Å². The molecule has 0 bridgehead atoms. The molecule has 0 saturated heterocycles. The van der Waals surface area contributed by atoms with Crippen molar-refractivity contribution in [2.75, 3.05) is 6.54 Å². The Morgan fingerprint density at radius 3 is 2.48 bits per heavy atom. The van der Waals surface area contributed by atoms with Crippen molar-refractivity contribution in [2.24, 2.45) is 5.92 Å². The molecule has 2 aromatic rings. The first-order chi connectivity index (χ1) is 12.2. The zero-order chi connectivity index (χ0) is 17.6. The Balaban J connectivity index is 1.78. The number of halogens is 2. The van der Waals surface area contributed by atoms with Gasteiger partial charge in [-0.05, 0) is 49.9 Å². The fraction of sp³-hybridized carbons (Fsp3) is 0.429. The standard InChI is InChI=1S/C21H25F2NO/c1-2-19(24-14-15-8-6-7-9-15)17-12-13-18(22)21(20(17)23)25-16-10-4-3-5-11-16/h3-5,10-13,15,19,24H,2,6-9,14H2,1H3. The van der Waals surface area contributed by atoms with E-state index < -0.39 is 11.6 Å². The molecule has 1 aliphatic rings. The minimum Gasteiger partial charge on any atom is -0.451 e. The van der Waals surface area contributed by atoms with Gasteiger partial charge >= 0.3 is 0 Å². The van der Waals surface area contributed by atoms with Gasteiger partial charge in [-0.15, -0.1) is 0 Å². The van der Waals surface area contributed by atoms with Crippen molar-refractivity contribution in [3.63, 3.8) is 0 Å². The van der Waals surface area contributed by atoms with Crippen molar-refractivity contribution in [1.29, 1.82) is 0 Å². The van der Waals surface area contributed by atoms with Gasteiger partial charge in [0.05, 0.1) is 0 Å². The highest BCUT2D eigenvalue weighted by Crippen LogP contribution is 2.33. The Morgan fingerprint density at radius 1 is 1.08 bits per heavy atom. The van der Waals surface area contributed by atoms with Crippen molar-refractivity contribution in [1.82, 2.24) is 5.32 Å². The minimum absolute atomic E-state index is 0.140. The van der Waals surface area contributed by atoms with Crippen LogP contribution in [-0.4, -0.2) is 6.54 Å². The molecule has 4 heteroatoms. The second-order valence-corrected chi connectivity index (χ2v) is 6.71. The highest BCUT2D eigenvalue weighted by molar-refractivity contribution is 5.38. The third kappa shape index (κ3) is 4.37. The van der Waals surface area contributed by atoms with E-state index in [1.54, 1.807) is 24.3 Å². The van der Waals surface area contributed by atoms with Crippen LogP contribution in [0.5, 0.6) is 11.5 Å². The lowest BCUT2D eigenvalue weighted by molar-refractivity contribution is 0.386. The van der Waals surface area contributed by atoms with E-state index in [2.05, 4.69) is 5.32 Å². The monoisotopic (exact) mass is 345 g/mol. The highest BCUT2D eigenvalue weighted by Gasteiger charge is 2.23. The molecule has 134 valence electrons. The van der Waals surface area contributed by atoms with Gasteiger partial charge in [0.15, 0.2) is 17.4 Å². The van der Waals surface area contributed by atoms with Crippen molar-refractivity contribution >= 4 is 0 Å². The molecule has 1 fully saturated rings. The molecule has 3 rings (SSSR count). The van der Waals surface area contributed by atoms with Crippen LogP contribution >= 0.6 is 0 Å². The maximum atomic E-state index is 15.0. The molecule has 0 radical (unpaired) electrons. The number of ether oxygens (including phenoxy) is 1.